The van der Waals surface area contributed by atoms with Gasteiger partial charge in [0.05, 0.1) is 6.04 Å². The van der Waals surface area contributed by atoms with Crippen LogP contribution in [0.1, 0.15) is 17.2 Å². The predicted molar refractivity (Wildman–Crippen MR) is 59.5 cm³/mol. The molecule has 0 radical (unpaired) electrons. The van der Waals surface area contributed by atoms with Crippen LogP contribution in [0.5, 0.6) is 5.75 Å². The summed E-state index contributed by atoms with van der Waals surface area (Å²) < 4.78 is 13.8. The fourth-order valence-electron chi connectivity index (χ4n) is 2.32. The number of benzene rings is 2. The average Bonchev–Trinajstić information content (AvgIpc) is 2.56. The van der Waals surface area contributed by atoms with Gasteiger partial charge in [-0.15, -0.1) is 0 Å². The Hall–Kier alpha value is -1.87. The molecule has 2 aromatic rings. The fourth-order valence-corrected chi connectivity index (χ4v) is 2.32. The molecule has 0 aromatic heterocycles. The van der Waals surface area contributed by atoms with E-state index in [9.17, 15) is 9.50 Å². The molecule has 1 aliphatic rings. The summed E-state index contributed by atoms with van der Waals surface area (Å²) in [6.45, 7) is 0. The highest BCUT2D eigenvalue weighted by Crippen LogP contribution is 2.47. The van der Waals surface area contributed by atoms with Gasteiger partial charge in [0.25, 0.3) is 0 Å². The van der Waals surface area contributed by atoms with E-state index in [1.165, 1.54) is 6.07 Å². The van der Waals surface area contributed by atoms with Crippen molar-refractivity contribution >= 4 is 0 Å². The Morgan fingerprint density at radius 2 is 1.62 bits per heavy atom. The summed E-state index contributed by atoms with van der Waals surface area (Å²) in [5.41, 5.74) is 8.49. The molecule has 0 heterocycles. The number of phenols is 1. The number of fused-ring (bicyclic) bond motifs is 3. The Morgan fingerprint density at radius 1 is 1.00 bits per heavy atom. The standard InChI is InChI=1S/C13H10FNO/c14-9-5-1-3-7-11(9)12-8(13(7)15)4-2-6-10(12)16/h1-6,13,16H,15H2. The molecule has 0 bridgehead atoms. The van der Waals surface area contributed by atoms with E-state index in [1.54, 1.807) is 24.3 Å². The van der Waals surface area contributed by atoms with Crippen LogP contribution < -0.4 is 5.73 Å². The first kappa shape index (κ1) is 9.36. The molecule has 0 spiro atoms. The van der Waals surface area contributed by atoms with Gasteiger partial charge in [0.1, 0.15) is 11.6 Å². The monoisotopic (exact) mass is 215 g/mol. The van der Waals surface area contributed by atoms with Gasteiger partial charge in [-0.2, -0.15) is 0 Å². The van der Waals surface area contributed by atoms with E-state index >= 15 is 0 Å². The quantitative estimate of drug-likeness (QED) is 0.709. The van der Waals surface area contributed by atoms with Crippen molar-refractivity contribution in [3.63, 3.8) is 0 Å². The number of phenolic OH excluding ortho intramolecular Hbond substituents is 1. The zero-order chi connectivity index (χ0) is 11.3. The highest BCUT2D eigenvalue weighted by Gasteiger charge is 2.30. The third kappa shape index (κ3) is 1.03. The molecule has 0 aliphatic heterocycles. The maximum atomic E-state index is 13.8. The molecular weight excluding hydrogens is 205 g/mol. The Bertz CT molecular complexity index is 529. The molecule has 2 nitrogen and oxygen atoms in total. The van der Waals surface area contributed by atoms with Crippen molar-refractivity contribution in [1.29, 1.82) is 0 Å². The summed E-state index contributed by atoms with van der Waals surface area (Å²) in [7, 11) is 0. The van der Waals surface area contributed by atoms with E-state index in [1.807, 2.05) is 6.07 Å². The fraction of sp³-hybridized carbons (Fsp3) is 0.0769. The van der Waals surface area contributed by atoms with Crippen LogP contribution >= 0.6 is 0 Å². The number of hydrogen-bond donors (Lipinski definition) is 2. The largest absolute Gasteiger partial charge is 0.507 e. The smallest absolute Gasteiger partial charge is 0.131 e. The SMILES string of the molecule is NC1c2cccc(O)c2-c2c(F)cccc21. The first-order valence-corrected chi connectivity index (χ1v) is 5.06. The zero-order valence-electron chi connectivity index (χ0n) is 8.44. The van der Waals surface area contributed by atoms with Gasteiger partial charge in [0, 0.05) is 11.1 Å². The maximum Gasteiger partial charge on any atom is 0.131 e. The summed E-state index contributed by atoms with van der Waals surface area (Å²) in [5, 5.41) is 9.80. The first-order chi connectivity index (χ1) is 7.70. The van der Waals surface area contributed by atoms with Crippen molar-refractivity contribution in [3.05, 3.63) is 53.3 Å². The van der Waals surface area contributed by atoms with Crippen LogP contribution in [0.3, 0.4) is 0 Å². The Balaban J connectivity index is 2.43. The van der Waals surface area contributed by atoms with Gasteiger partial charge in [-0.1, -0.05) is 24.3 Å². The molecule has 0 saturated heterocycles. The van der Waals surface area contributed by atoms with Gasteiger partial charge in [-0.25, -0.2) is 4.39 Å². The van der Waals surface area contributed by atoms with Crippen molar-refractivity contribution in [2.45, 2.75) is 6.04 Å². The summed E-state index contributed by atoms with van der Waals surface area (Å²) in [6.07, 6.45) is 0. The molecule has 80 valence electrons. The van der Waals surface area contributed by atoms with Crippen molar-refractivity contribution in [2.24, 2.45) is 5.73 Å². The summed E-state index contributed by atoms with van der Waals surface area (Å²) >= 11 is 0. The van der Waals surface area contributed by atoms with Gasteiger partial charge in [-0.05, 0) is 23.3 Å². The number of hydrogen-bond acceptors (Lipinski definition) is 2. The number of nitrogens with two attached hydrogens (primary N) is 1. The highest BCUT2D eigenvalue weighted by atomic mass is 19.1. The molecule has 1 aliphatic carbocycles. The Labute approximate surface area is 92.1 Å². The van der Waals surface area contributed by atoms with Crippen molar-refractivity contribution in [2.75, 3.05) is 0 Å². The molecule has 0 saturated carbocycles. The minimum Gasteiger partial charge on any atom is -0.507 e. The van der Waals surface area contributed by atoms with Crippen molar-refractivity contribution < 1.29 is 9.50 Å². The van der Waals surface area contributed by atoms with Crippen molar-refractivity contribution in [3.8, 4) is 16.9 Å². The van der Waals surface area contributed by atoms with Gasteiger partial charge in [0.2, 0.25) is 0 Å². The summed E-state index contributed by atoms with van der Waals surface area (Å²) in [5.74, 6) is -0.259. The van der Waals surface area contributed by atoms with Gasteiger partial charge in [0.15, 0.2) is 0 Å². The molecular formula is C13H10FNO. The molecule has 3 rings (SSSR count). The number of rotatable bonds is 0. The van der Waals surface area contributed by atoms with Crippen LogP contribution in [0.15, 0.2) is 36.4 Å². The maximum absolute atomic E-state index is 13.8. The number of aromatic hydroxyl groups is 1. The lowest BCUT2D eigenvalue weighted by Crippen LogP contribution is -2.07. The third-order valence-electron chi connectivity index (χ3n) is 3.04. The normalized spacial score (nSPS) is 17.0. The molecule has 1 atom stereocenters. The van der Waals surface area contributed by atoms with Crippen LogP contribution in [0, 0.1) is 5.82 Å². The second kappa shape index (κ2) is 3.06. The molecule has 2 aromatic carbocycles. The molecule has 0 amide bonds. The third-order valence-corrected chi connectivity index (χ3v) is 3.04. The van der Waals surface area contributed by atoms with Crippen LogP contribution in [0.25, 0.3) is 11.1 Å². The topological polar surface area (TPSA) is 46.2 Å². The van der Waals surface area contributed by atoms with E-state index in [0.717, 1.165) is 11.1 Å². The summed E-state index contributed by atoms with van der Waals surface area (Å²) in [4.78, 5) is 0. The lowest BCUT2D eigenvalue weighted by Gasteiger charge is -2.05. The van der Waals surface area contributed by atoms with Crippen LogP contribution in [0.4, 0.5) is 4.39 Å². The van der Waals surface area contributed by atoms with Crippen molar-refractivity contribution in [1.82, 2.24) is 0 Å². The molecule has 1 unspecified atom stereocenters. The van der Waals surface area contributed by atoms with E-state index in [0.29, 0.717) is 11.1 Å². The second-order valence-corrected chi connectivity index (χ2v) is 3.92. The number of halogens is 1. The van der Waals surface area contributed by atoms with E-state index in [-0.39, 0.29) is 17.6 Å². The lowest BCUT2D eigenvalue weighted by atomic mass is 10.0. The minimum atomic E-state index is -0.354. The lowest BCUT2D eigenvalue weighted by molar-refractivity contribution is 0.476. The van der Waals surface area contributed by atoms with E-state index in [4.69, 9.17) is 5.73 Å². The molecule has 0 fully saturated rings. The second-order valence-electron chi connectivity index (χ2n) is 3.92. The Kier molecular flexibility index (Phi) is 1.79. The molecule has 3 heteroatoms. The minimum absolute atomic E-state index is 0.0804. The molecule has 16 heavy (non-hydrogen) atoms. The predicted octanol–water partition coefficient (Wildman–Crippen LogP) is 2.56. The zero-order valence-corrected chi connectivity index (χ0v) is 8.44. The van der Waals surface area contributed by atoms with Crippen LogP contribution in [0.2, 0.25) is 0 Å². The van der Waals surface area contributed by atoms with Gasteiger partial charge < -0.3 is 10.8 Å². The Morgan fingerprint density at radius 3 is 2.38 bits per heavy atom. The van der Waals surface area contributed by atoms with E-state index in [2.05, 4.69) is 0 Å². The van der Waals surface area contributed by atoms with Gasteiger partial charge >= 0.3 is 0 Å². The van der Waals surface area contributed by atoms with E-state index < -0.39 is 0 Å². The average molecular weight is 215 g/mol. The van der Waals surface area contributed by atoms with Crippen LogP contribution in [-0.2, 0) is 0 Å². The van der Waals surface area contributed by atoms with Crippen LogP contribution in [-0.4, -0.2) is 5.11 Å². The highest BCUT2D eigenvalue weighted by molar-refractivity contribution is 5.83. The van der Waals surface area contributed by atoms with Gasteiger partial charge in [-0.3, -0.25) is 0 Å². The molecule has 3 N–H and O–H groups in total. The first-order valence-electron chi connectivity index (χ1n) is 5.06. The summed E-state index contributed by atoms with van der Waals surface area (Å²) in [6, 6.07) is 9.55.